The van der Waals surface area contributed by atoms with Gasteiger partial charge in [0.15, 0.2) is 6.61 Å². The Morgan fingerprint density at radius 2 is 2.07 bits per heavy atom. The third-order valence-electron chi connectivity index (χ3n) is 4.88. The molecule has 10 heteroatoms. The second-order valence-electron chi connectivity index (χ2n) is 7.48. The molecule has 0 aliphatic heterocycles. The summed E-state index contributed by atoms with van der Waals surface area (Å²) in [5.41, 5.74) is 0.847. The van der Waals surface area contributed by atoms with Crippen molar-refractivity contribution >= 4 is 23.6 Å². The smallest absolute Gasteiger partial charge is 0.259 e. The molecule has 1 fully saturated rings. The van der Waals surface area contributed by atoms with Gasteiger partial charge < -0.3 is 15.0 Å². The number of carbonyl (C=O) groups is 2. The van der Waals surface area contributed by atoms with Gasteiger partial charge in [0.1, 0.15) is 5.75 Å². The molecule has 1 aliphatic rings. The number of hydrogen-bond donors (Lipinski definition) is 1. The third kappa shape index (κ3) is 5.50. The molecular formula is C20H28N6O3S. The number of aromatic nitrogens is 4. The van der Waals surface area contributed by atoms with Crippen molar-refractivity contribution in [2.45, 2.75) is 55.6 Å². The van der Waals surface area contributed by atoms with E-state index in [-0.39, 0.29) is 29.7 Å². The van der Waals surface area contributed by atoms with Gasteiger partial charge in [-0.3, -0.25) is 9.59 Å². The number of hydrogen-bond acceptors (Lipinski definition) is 7. The van der Waals surface area contributed by atoms with Crippen LogP contribution >= 0.6 is 11.8 Å². The molecule has 2 aromatic rings. The number of thioether (sulfide) groups is 1. The lowest BCUT2D eigenvalue weighted by Gasteiger charge is -2.22. The van der Waals surface area contributed by atoms with Crippen molar-refractivity contribution < 1.29 is 14.3 Å². The first kappa shape index (κ1) is 22.1. The molecule has 0 spiro atoms. The Morgan fingerprint density at radius 1 is 1.33 bits per heavy atom. The van der Waals surface area contributed by atoms with Crippen molar-refractivity contribution in [3.05, 3.63) is 29.8 Å². The molecule has 9 nitrogen and oxygen atoms in total. The lowest BCUT2D eigenvalue weighted by Crippen LogP contribution is -2.34. The van der Waals surface area contributed by atoms with Crippen molar-refractivity contribution in [3.63, 3.8) is 0 Å². The summed E-state index contributed by atoms with van der Waals surface area (Å²) in [6, 6.07) is 7.60. The average molecular weight is 433 g/mol. The van der Waals surface area contributed by atoms with Crippen LogP contribution in [0.1, 0.15) is 50.8 Å². The van der Waals surface area contributed by atoms with Crippen LogP contribution in [0, 0.1) is 0 Å². The molecule has 1 saturated carbocycles. The molecule has 1 N–H and O–H groups in total. The lowest BCUT2D eigenvalue weighted by atomic mass is 10.0. The quantitative estimate of drug-likeness (QED) is 0.574. The Kier molecular flexibility index (Phi) is 7.30. The van der Waals surface area contributed by atoms with E-state index >= 15 is 0 Å². The van der Waals surface area contributed by atoms with Gasteiger partial charge >= 0.3 is 0 Å². The molecule has 1 aromatic carbocycles. The van der Waals surface area contributed by atoms with Gasteiger partial charge in [0.05, 0.1) is 17.3 Å². The van der Waals surface area contributed by atoms with Crippen LogP contribution in [0.3, 0.4) is 0 Å². The first-order valence-electron chi connectivity index (χ1n) is 10.1. The SMILES string of the molecule is CCC(NC(=O)C(C)Sc1nnnn1C1CC1)c1ccccc1OCC(=O)N(C)C. The number of ether oxygens (including phenoxy) is 1. The van der Waals surface area contributed by atoms with E-state index < -0.39 is 0 Å². The van der Waals surface area contributed by atoms with E-state index in [9.17, 15) is 9.59 Å². The zero-order chi connectivity index (χ0) is 21.7. The monoisotopic (exact) mass is 432 g/mol. The highest BCUT2D eigenvalue weighted by atomic mass is 32.2. The minimum atomic E-state index is -0.356. The Labute approximate surface area is 180 Å². The van der Waals surface area contributed by atoms with E-state index in [1.54, 1.807) is 18.8 Å². The summed E-state index contributed by atoms with van der Waals surface area (Å²) in [5.74, 6) is 0.370. The molecule has 2 amide bonds. The van der Waals surface area contributed by atoms with E-state index in [0.717, 1.165) is 18.4 Å². The lowest BCUT2D eigenvalue weighted by molar-refractivity contribution is -0.130. The standard InChI is InChI=1S/C20H28N6O3S/c1-5-16(15-8-6-7-9-17(15)29-12-18(27)25(3)4)21-19(28)13(2)30-20-22-23-24-26(20)14-10-11-14/h6-9,13-14,16H,5,10-12H2,1-4H3,(H,21,28). The predicted molar refractivity (Wildman–Crippen MR) is 113 cm³/mol. The molecule has 0 radical (unpaired) electrons. The fraction of sp³-hybridized carbons (Fsp3) is 0.550. The molecule has 162 valence electrons. The highest BCUT2D eigenvalue weighted by Crippen LogP contribution is 2.37. The summed E-state index contributed by atoms with van der Waals surface area (Å²) < 4.78 is 7.54. The van der Waals surface area contributed by atoms with Gasteiger partial charge in [-0.25, -0.2) is 4.68 Å². The predicted octanol–water partition coefficient (Wildman–Crippen LogP) is 2.22. The number of rotatable bonds is 10. The van der Waals surface area contributed by atoms with Crippen LogP contribution in [0.5, 0.6) is 5.75 Å². The molecule has 2 atom stereocenters. The maximum Gasteiger partial charge on any atom is 0.259 e. The normalized spacial score (nSPS) is 15.3. The first-order chi connectivity index (χ1) is 14.4. The van der Waals surface area contributed by atoms with Gasteiger partial charge in [0, 0.05) is 19.7 Å². The zero-order valence-corrected chi connectivity index (χ0v) is 18.6. The number of para-hydroxylation sites is 1. The molecular weight excluding hydrogens is 404 g/mol. The molecule has 1 heterocycles. The van der Waals surface area contributed by atoms with Crippen LogP contribution in [-0.4, -0.2) is 62.9 Å². The zero-order valence-electron chi connectivity index (χ0n) is 17.7. The van der Waals surface area contributed by atoms with Gasteiger partial charge in [-0.15, -0.1) is 5.10 Å². The Balaban J connectivity index is 1.65. The van der Waals surface area contributed by atoms with Crippen molar-refractivity contribution in [1.29, 1.82) is 0 Å². The van der Waals surface area contributed by atoms with Crippen molar-refractivity contribution in [2.24, 2.45) is 0 Å². The van der Waals surface area contributed by atoms with Crippen molar-refractivity contribution in [1.82, 2.24) is 30.4 Å². The maximum absolute atomic E-state index is 12.9. The molecule has 3 rings (SSSR count). The Bertz CT molecular complexity index is 883. The fourth-order valence-electron chi connectivity index (χ4n) is 2.88. The Morgan fingerprint density at radius 3 is 2.73 bits per heavy atom. The number of nitrogens with zero attached hydrogens (tertiary/aromatic N) is 5. The van der Waals surface area contributed by atoms with Crippen LogP contribution in [0.2, 0.25) is 0 Å². The van der Waals surface area contributed by atoms with Crippen LogP contribution in [0.25, 0.3) is 0 Å². The largest absolute Gasteiger partial charge is 0.483 e. The summed E-state index contributed by atoms with van der Waals surface area (Å²) >= 11 is 1.36. The van der Waals surface area contributed by atoms with Crippen LogP contribution in [0.15, 0.2) is 29.4 Å². The Hall–Kier alpha value is -2.62. The first-order valence-corrected chi connectivity index (χ1v) is 11.0. The minimum absolute atomic E-state index is 0.0511. The molecule has 1 aliphatic carbocycles. The number of tetrazole rings is 1. The maximum atomic E-state index is 12.9. The fourth-order valence-corrected chi connectivity index (χ4v) is 3.75. The van der Waals surface area contributed by atoms with Gasteiger partial charge in [-0.1, -0.05) is 36.9 Å². The van der Waals surface area contributed by atoms with E-state index in [4.69, 9.17) is 4.74 Å². The summed E-state index contributed by atoms with van der Waals surface area (Å²) in [4.78, 5) is 26.2. The van der Waals surface area contributed by atoms with E-state index in [1.807, 2.05) is 38.1 Å². The summed E-state index contributed by atoms with van der Waals surface area (Å²) in [6.45, 7) is 3.79. The molecule has 1 aromatic heterocycles. The number of amides is 2. The molecule has 30 heavy (non-hydrogen) atoms. The van der Waals surface area contributed by atoms with Crippen molar-refractivity contribution in [3.8, 4) is 5.75 Å². The second-order valence-corrected chi connectivity index (χ2v) is 8.79. The van der Waals surface area contributed by atoms with Crippen molar-refractivity contribution in [2.75, 3.05) is 20.7 Å². The van der Waals surface area contributed by atoms with Gasteiger partial charge in [0.25, 0.3) is 5.91 Å². The van der Waals surface area contributed by atoms with E-state index in [2.05, 4.69) is 20.8 Å². The number of nitrogens with one attached hydrogen (secondary N) is 1. The number of likely N-dealkylation sites (N-methyl/N-ethyl adjacent to an activating group) is 1. The highest BCUT2D eigenvalue weighted by Gasteiger charge is 2.30. The van der Waals surface area contributed by atoms with Gasteiger partial charge in [-0.05, 0) is 42.7 Å². The summed E-state index contributed by atoms with van der Waals surface area (Å²) in [5, 5.41) is 15.2. The highest BCUT2D eigenvalue weighted by molar-refractivity contribution is 8.00. The van der Waals surface area contributed by atoms with Gasteiger partial charge in [-0.2, -0.15) is 0 Å². The van der Waals surface area contributed by atoms with E-state index in [1.165, 1.54) is 16.7 Å². The molecule has 0 bridgehead atoms. The molecule has 0 saturated heterocycles. The number of carbonyl (C=O) groups excluding carboxylic acids is 2. The van der Waals surface area contributed by atoms with Gasteiger partial charge in [0.2, 0.25) is 11.1 Å². The van der Waals surface area contributed by atoms with Crippen LogP contribution in [0.4, 0.5) is 0 Å². The summed E-state index contributed by atoms with van der Waals surface area (Å²) in [7, 11) is 3.37. The number of benzene rings is 1. The third-order valence-corrected chi connectivity index (χ3v) is 5.92. The van der Waals surface area contributed by atoms with Crippen LogP contribution < -0.4 is 10.1 Å². The second kappa shape index (κ2) is 9.92. The summed E-state index contributed by atoms with van der Waals surface area (Å²) in [6.07, 6.45) is 2.83. The average Bonchev–Trinajstić information content (AvgIpc) is 3.48. The minimum Gasteiger partial charge on any atom is -0.483 e. The molecule has 2 unspecified atom stereocenters. The van der Waals surface area contributed by atoms with Crippen LogP contribution in [-0.2, 0) is 9.59 Å². The van der Waals surface area contributed by atoms with E-state index in [0.29, 0.717) is 23.4 Å². The topological polar surface area (TPSA) is 102 Å².